The standard InChI is InChI=1S/C45H53FN8O2SSi/c1-5-38-44(47-28-42-49-39(32-57-42)33-18-20-34(46)21-19-33)54-40(48-38)22-23-41(50-54)53-27-26-52(30-43(55)51-24-12-13-25-51)35(29-53)31-56-58(45(2,3)4,36-14-8-6-9-15-36)37-16-10-7-11-17-37/h6-11,14-23,32,35,47H,5,12-13,24-31H2,1-4H3. The lowest BCUT2D eigenvalue weighted by atomic mass is 10.1. The van der Waals surface area contributed by atoms with Crippen LogP contribution in [0.1, 0.15) is 51.2 Å². The van der Waals surface area contributed by atoms with Gasteiger partial charge >= 0.3 is 0 Å². The van der Waals surface area contributed by atoms with Gasteiger partial charge < -0.3 is 19.5 Å². The van der Waals surface area contributed by atoms with Crippen molar-refractivity contribution in [2.24, 2.45) is 0 Å². The number of hydrogen-bond acceptors (Lipinski definition) is 9. The van der Waals surface area contributed by atoms with Crippen LogP contribution in [0.15, 0.2) is 102 Å². The van der Waals surface area contributed by atoms with E-state index in [1.165, 1.54) is 22.5 Å². The van der Waals surface area contributed by atoms with Gasteiger partial charge in [-0.25, -0.2) is 14.4 Å². The molecule has 1 atom stereocenters. The molecule has 58 heavy (non-hydrogen) atoms. The van der Waals surface area contributed by atoms with E-state index in [1.807, 2.05) is 20.9 Å². The summed E-state index contributed by atoms with van der Waals surface area (Å²) in [7, 11) is -2.83. The molecule has 2 saturated heterocycles. The Labute approximate surface area is 345 Å². The molecule has 8 rings (SSSR count). The Kier molecular flexibility index (Phi) is 11.8. The lowest BCUT2D eigenvalue weighted by molar-refractivity contribution is -0.132. The van der Waals surface area contributed by atoms with Crippen LogP contribution in [0.2, 0.25) is 5.04 Å². The van der Waals surface area contributed by atoms with Gasteiger partial charge in [-0.05, 0) is 71.1 Å². The monoisotopic (exact) mass is 816 g/mol. The smallest absolute Gasteiger partial charge is 0.261 e. The van der Waals surface area contributed by atoms with Crippen molar-refractivity contribution in [3.63, 3.8) is 0 Å². The van der Waals surface area contributed by atoms with Crippen molar-refractivity contribution in [3.05, 3.63) is 119 Å². The van der Waals surface area contributed by atoms with Gasteiger partial charge in [-0.3, -0.25) is 9.69 Å². The number of imidazole rings is 1. The van der Waals surface area contributed by atoms with Crippen molar-refractivity contribution >= 4 is 53.2 Å². The third kappa shape index (κ3) is 8.18. The van der Waals surface area contributed by atoms with Crippen LogP contribution in [0, 0.1) is 5.82 Å². The molecule has 0 saturated carbocycles. The van der Waals surface area contributed by atoms with Crippen molar-refractivity contribution in [2.45, 2.75) is 64.6 Å². The number of carbonyl (C=O) groups excluding carboxylic acids is 1. The highest BCUT2D eigenvalue weighted by molar-refractivity contribution is 7.10. The van der Waals surface area contributed by atoms with Crippen molar-refractivity contribution in [1.82, 2.24) is 29.4 Å². The number of thiazole rings is 1. The molecule has 0 aliphatic carbocycles. The Balaban J connectivity index is 1.07. The Bertz CT molecular complexity index is 2270. The molecule has 2 fully saturated rings. The largest absolute Gasteiger partial charge is 0.406 e. The molecule has 0 bridgehead atoms. The highest BCUT2D eigenvalue weighted by Gasteiger charge is 2.51. The summed E-state index contributed by atoms with van der Waals surface area (Å²) in [5, 5.41) is 14.0. The summed E-state index contributed by atoms with van der Waals surface area (Å²) in [5.74, 6) is 1.64. The maximum atomic E-state index is 13.7. The van der Waals surface area contributed by atoms with Crippen LogP contribution in [0.3, 0.4) is 0 Å². The minimum Gasteiger partial charge on any atom is -0.406 e. The van der Waals surface area contributed by atoms with E-state index in [0.29, 0.717) is 32.8 Å². The maximum Gasteiger partial charge on any atom is 0.261 e. The SMILES string of the molecule is CCc1nc2ccc(N3CCN(CC(=O)N4CCCC4)C(CO[Si](c4ccccc4)(c4ccccc4)C(C)(C)C)C3)nn2c1NCc1nc(-c2ccc(F)cc2)cs1. The predicted molar refractivity (Wildman–Crippen MR) is 234 cm³/mol. The second-order valence-electron chi connectivity index (χ2n) is 16.3. The van der Waals surface area contributed by atoms with E-state index in [9.17, 15) is 9.18 Å². The van der Waals surface area contributed by atoms with E-state index in [-0.39, 0.29) is 22.8 Å². The number of aryl methyl sites for hydroxylation is 1. The number of halogens is 1. The molecule has 6 aromatic rings. The highest BCUT2D eigenvalue weighted by Crippen LogP contribution is 2.37. The summed E-state index contributed by atoms with van der Waals surface area (Å²) in [6.45, 7) is 14.2. The van der Waals surface area contributed by atoms with Gasteiger partial charge in [-0.1, -0.05) is 88.4 Å². The quantitative estimate of drug-likeness (QED) is 0.127. The van der Waals surface area contributed by atoms with E-state index in [0.717, 1.165) is 78.1 Å². The second-order valence-corrected chi connectivity index (χ2v) is 21.6. The number of amides is 1. The van der Waals surface area contributed by atoms with Gasteiger partial charge in [0.1, 0.15) is 16.6 Å². The number of benzene rings is 3. The minimum absolute atomic E-state index is 0.0498. The van der Waals surface area contributed by atoms with Gasteiger partial charge in [0.05, 0.1) is 31.1 Å². The molecular formula is C45H53FN8O2SSi. The van der Waals surface area contributed by atoms with Crippen LogP contribution in [-0.2, 0) is 22.2 Å². The third-order valence-electron chi connectivity index (χ3n) is 11.6. The van der Waals surface area contributed by atoms with Crippen molar-refractivity contribution in [2.75, 3.05) is 56.1 Å². The number of carbonyl (C=O) groups is 1. The van der Waals surface area contributed by atoms with Crippen LogP contribution >= 0.6 is 11.3 Å². The first-order valence-electron chi connectivity index (χ1n) is 20.5. The number of fused-ring (bicyclic) bond motifs is 1. The Hall–Kier alpha value is -4.95. The molecular weight excluding hydrogens is 764 g/mol. The van der Waals surface area contributed by atoms with Gasteiger partial charge in [0.25, 0.3) is 8.32 Å². The summed E-state index contributed by atoms with van der Waals surface area (Å²) in [6.07, 6.45) is 2.88. The number of nitrogens with zero attached hydrogens (tertiary/aromatic N) is 7. The first-order chi connectivity index (χ1) is 28.1. The minimum atomic E-state index is -2.83. The van der Waals surface area contributed by atoms with E-state index < -0.39 is 8.32 Å². The molecule has 2 aliphatic heterocycles. The lowest BCUT2D eigenvalue weighted by Crippen LogP contribution is -2.68. The molecule has 2 aliphatic rings. The fourth-order valence-electron chi connectivity index (χ4n) is 8.56. The fraction of sp³-hybridized carbons (Fsp3) is 0.378. The van der Waals surface area contributed by atoms with Gasteiger partial charge in [0.2, 0.25) is 5.91 Å². The van der Waals surface area contributed by atoms with Crippen LogP contribution in [0.5, 0.6) is 0 Å². The van der Waals surface area contributed by atoms with Crippen molar-refractivity contribution in [1.29, 1.82) is 0 Å². The molecule has 10 nitrogen and oxygen atoms in total. The third-order valence-corrected chi connectivity index (χ3v) is 17.5. The summed E-state index contributed by atoms with van der Waals surface area (Å²) in [6, 6.07) is 32.0. The topological polar surface area (TPSA) is 91.1 Å². The van der Waals surface area contributed by atoms with Gasteiger partial charge in [0, 0.05) is 49.7 Å². The summed E-state index contributed by atoms with van der Waals surface area (Å²) in [5.41, 5.74) is 3.42. The summed E-state index contributed by atoms with van der Waals surface area (Å²) < 4.78 is 23.0. The molecule has 5 heterocycles. The predicted octanol–water partition coefficient (Wildman–Crippen LogP) is 6.86. The molecule has 1 amide bonds. The molecule has 13 heteroatoms. The highest BCUT2D eigenvalue weighted by atomic mass is 32.1. The van der Waals surface area contributed by atoms with Gasteiger partial charge in [0.15, 0.2) is 11.5 Å². The molecule has 302 valence electrons. The zero-order chi connectivity index (χ0) is 40.3. The van der Waals surface area contributed by atoms with Gasteiger partial charge in [-0.2, -0.15) is 4.52 Å². The summed E-state index contributed by atoms with van der Waals surface area (Å²) >= 11 is 1.57. The zero-order valence-corrected chi connectivity index (χ0v) is 35.7. The first kappa shape index (κ1) is 39.9. The van der Waals surface area contributed by atoms with Crippen LogP contribution in [0.25, 0.3) is 16.9 Å². The van der Waals surface area contributed by atoms with Crippen LogP contribution in [-0.4, -0.2) is 95.5 Å². The number of hydrogen-bond donors (Lipinski definition) is 1. The summed E-state index contributed by atoms with van der Waals surface area (Å²) in [4.78, 5) is 30.1. The fourth-order valence-corrected chi connectivity index (χ4v) is 13.9. The number of rotatable bonds is 13. The average Bonchev–Trinajstić information content (AvgIpc) is 4.02. The van der Waals surface area contributed by atoms with E-state index >= 15 is 0 Å². The molecule has 0 spiro atoms. The molecule has 1 N–H and O–H groups in total. The second kappa shape index (κ2) is 17.1. The lowest BCUT2D eigenvalue weighted by Gasteiger charge is -2.46. The zero-order valence-electron chi connectivity index (χ0n) is 33.9. The van der Waals surface area contributed by atoms with E-state index in [1.54, 1.807) is 23.5 Å². The normalized spacial score (nSPS) is 16.7. The van der Waals surface area contributed by atoms with Crippen molar-refractivity contribution < 1.29 is 13.6 Å². The molecule has 0 radical (unpaired) electrons. The van der Waals surface area contributed by atoms with Crippen molar-refractivity contribution in [3.8, 4) is 11.3 Å². The first-order valence-corrected chi connectivity index (χ1v) is 23.3. The van der Waals surface area contributed by atoms with E-state index in [2.05, 4.69) is 110 Å². The van der Waals surface area contributed by atoms with E-state index in [4.69, 9.17) is 19.5 Å². The number of piperazine rings is 1. The average molecular weight is 817 g/mol. The molecule has 1 unspecified atom stereocenters. The Morgan fingerprint density at radius 3 is 2.24 bits per heavy atom. The Morgan fingerprint density at radius 1 is 0.897 bits per heavy atom. The number of anilines is 2. The number of likely N-dealkylation sites (tertiary alicyclic amines) is 1. The Morgan fingerprint density at radius 2 is 1.59 bits per heavy atom. The number of aromatic nitrogens is 4. The number of nitrogens with one attached hydrogen (secondary N) is 1. The molecule has 3 aromatic carbocycles. The van der Waals surface area contributed by atoms with Crippen LogP contribution in [0.4, 0.5) is 16.0 Å². The van der Waals surface area contributed by atoms with Gasteiger partial charge in [-0.15, -0.1) is 16.4 Å². The maximum absolute atomic E-state index is 13.7. The van der Waals surface area contributed by atoms with Crippen LogP contribution < -0.4 is 20.6 Å². The molecule has 3 aromatic heterocycles.